The minimum atomic E-state index is -3.21. The second kappa shape index (κ2) is 5.46. The molecule has 108 valence electrons. The first-order valence-electron chi connectivity index (χ1n) is 6.38. The normalized spacial score (nSPS) is 29.0. The highest BCUT2D eigenvalue weighted by atomic mass is 32.2. The van der Waals surface area contributed by atoms with Crippen LogP contribution in [0.1, 0.15) is 19.3 Å². The first kappa shape index (κ1) is 14.3. The van der Waals surface area contributed by atoms with Crippen molar-refractivity contribution in [3.8, 4) is 0 Å². The number of carbonyl (C=O) groups excluding carboxylic acids is 2. The Kier molecular flexibility index (Phi) is 4.10. The van der Waals surface area contributed by atoms with Crippen molar-refractivity contribution in [1.82, 2.24) is 14.9 Å². The van der Waals surface area contributed by atoms with Gasteiger partial charge in [-0.25, -0.2) is 12.7 Å². The van der Waals surface area contributed by atoms with E-state index in [9.17, 15) is 18.0 Å². The molecule has 0 aromatic heterocycles. The number of piperidine rings is 1. The Morgan fingerprint density at radius 1 is 1.47 bits per heavy atom. The fourth-order valence-corrected chi connectivity index (χ4v) is 3.38. The van der Waals surface area contributed by atoms with Crippen LogP contribution in [-0.4, -0.2) is 56.5 Å². The van der Waals surface area contributed by atoms with Crippen molar-refractivity contribution in [3.63, 3.8) is 0 Å². The van der Waals surface area contributed by atoms with Gasteiger partial charge in [-0.05, 0) is 12.8 Å². The summed E-state index contributed by atoms with van der Waals surface area (Å²) in [5.74, 6) is -0.610. The van der Waals surface area contributed by atoms with Crippen LogP contribution in [0.4, 0.5) is 0 Å². The predicted molar refractivity (Wildman–Crippen MR) is 68.7 cm³/mol. The van der Waals surface area contributed by atoms with E-state index in [-0.39, 0.29) is 30.2 Å². The monoisotopic (exact) mass is 289 g/mol. The fraction of sp³-hybridized carbons (Fsp3) is 0.818. The second-order valence-electron chi connectivity index (χ2n) is 5.17. The van der Waals surface area contributed by atoms with Gasteiger partial charge in [-0.1, -0.05) is 0 Å². The summed E-state index contributed by atoms with van der Waals surface area (Å²) in [5, 5.41) is 5.46. The largest absolute Gasteiger partial charge is 0.355 e. The number of sulfonamides is 1. The Balaban J connectivity index is 1.89. The van der Waals surface area contributed by atoms with E-state index < -0.39 is 10.0 Å². The average Bonchev–Trinajstić information content (AvgIpc) is 2.75. The Bertz CT molecular complexity index is 476. The van der Waals surface area contributed by atoms with Gasteiger partial charge in [-0.2, -0.15) is 0 Å². The maximum absolute atomic E-state index is 11.9. The number of nitrogens with zero attached hydrogens (tertiary/aromatic N) is 1. The molecule has 2 aliphatic rings. The summed E-state index contributed by atoms with van der Waals surface area (Å²) in [6, 6.07) is -0.160. The third-order valence-corrected chi connectivity index (χ3v) is 4.82. The molecule has 2 N–H and O–H groups in total. The Labute approximate surface area is 112 Å². The summed E-state index contributed by atoms with van der Waals surface area (Å²) in [7, 11) is -3.21. The van der Waals surface area contributed by atoms with Gasteiger partial charge < -0.3 is 10.6 Å². The van der Waals surface area contributed by atoms with Crippen molar-refractivity contribution >= 4 is 21.8 Å². The summed E-state index contributed by atoms with van der Waals surface area (Å²) in [5.41, 5.74) is 0. The van der Waals surface area contributed by atoms with E-state index in [0.29, 0.717) is 19.6 Å². The summed E-state index contributed by atoms with van der Waals surface area (Å²) >= 11 is 0. The fourth-order valence-electron chi connectivity index (χ4n) is 2.47. The van der Waals surface area contributed by atoms with Gasteiger partial charge in [0.1, 0.15) is 0 Å². The average molecular weight is 289 g/mol. The highest BCUT2D eigenvalue weighted by molar-refractivity contribution is 7.88. The van der Waals surface area contributed by atoms with E-state index in [0.717, 1.165) is 12.8 Å². The van der Waals surface area contributed by atoms with Crippen LogP contribution in [0.5, 0.6) is 0 Å². The Morgan fingerprint density at radius 3 is 2.79 bits per heavy atom. The summed E-state index contributed by atoms with van der Waals surface area (Å²) in [6.45, 7) is 1.19. The van der Waals surface area contributed by atoms with Crippen LogP contribution in [0.2, 0.25) is 0 Å². The first-order valence-corrected chi connectivity index (χ1v) is 8.23. The SMILES string of the molecule is CS(=O)(=O)N1CCCC(NC(=O)C2CNC(=O)C2)C1. The first-order chi connectivity index (χ1) is 8.86. The molecule has 2 aliphatic heterocycles. The van der Waals surface area contributed by atoms with E-state index in [2.05, 4.69) is 10.6 Å². The molecule has 2 amide bonds. The molecule has 2 unspecified atom stereocenters. The maximum atomic E-state index is 11.9. The number of nitrogens with one attached hydrogen (secondary N) is 2. The number of rotatable bonds is 3. The number of hydrogen-bond donors (Lipinski definition) is 2. The topological polar surface area (TPSA) is 95.6 Å². The van der Waals surface area contributed by atoms with Gasteiger partial charge in [0, 0.05) is 32.1 Å². The standard InChI is InChI=1S/C11H19N3O4S/c1-19(17,18)14-4-2-3-9(7-14)13-11(16)8-5-10(15)12-6-8/h8-9H,2-7H2,1H3,(H,12,15)(H,13,16). The summed E-state index contributed by atoms with van der Waals surface area (Å²) in [6.07, 6.45) is 2.90. The van der Waals surface area contributed by atoms with E-state index in [1.54, 1.807) is 0 Å². The molecule has 0 aliphatic carbocycles. The van der Waals surface area contributed by atoms with Crippen LogP contribution >= 0.6 is 0 Å². The lowest BCUT2D eigenvalue weighted by Crippen LogP contribution is -2.50. The molecule has 2 atom stereocenters. The molecule has 2 rings (SSSR count). The molecule has 2 saturated heterocycles. The van der Waals surface area contributed by atoms with Gasteiger partial charge in [0.05, 0.1) is 12.2 Å². The Morgan fingerprint density at radius 2 is 2.21 bits per heavy atom. The van der Waals surface area contributed by atoms with Crippen molar-refractivity contribution in [2.75, 3.05) is 25.9 Å². The lowest BCUT2D eigenvalue weighted by molar-refractivity contribution is -0.127. The van der Waals surface area contributed by atoms with E-state index >= 15 is 0 Å². The molecule has 0 radical (unpaired) electrons. The zero-order valence-corrected chi connectivity index (χ0v) is 11.7. The van der Waals surface area contributed by atoms with Gasteiger partial charge in [0.2, 0.25) is 21.8 Å². The van der Waals surface area contributed by atoms with Crippen molar-refractivity contribution in [1.29, 1.82) is 0 Å². The smallest absolute Gasteiger partial charge is 0.225 e. The van der Waals surface area contributed by atoms with Crippen LogP contribution in [0.25, 0.3) is 0 Å². The van der Waals surface area contributed by atoms with Crippen molar-refractivity contribution < 1.29 is 18.0 Å². The third-order valence-electron chi connectivity index (χ3n) is 3.55. The van der Waals surface area contributed by atoms with Crippen molar-refractivity contribution in [2.24, 2.45) is 5.92 Å². The molecule has 0 bridgehead atoms. The molecule has 0 saturated carbocycles. The quantitative estimate of drug-likeness (QED) is 0.672. The Hall–Kier alpha value is -1.15. The molecule has 0 spiro atoms. The minimum absolute atomic E-state index is 0.110. The van der Waals surface area contributed by atoms with E-state index in [4.69, 9.17) is 0 Å². The van der Waals surface area contributed by atoms with Crippen LogP contribution in [0, 0.1) is 5.92 Å². The van der Waals surface area contributed by atoms with Gasteiger partial charge in [0.15, 0.2) is 0 Å². The minimum Gasteiger partial charge on any atom is -0.355 e. The molecule has 2 heterocycles. The van der Waals surface area contributed by atoms with Crippen LogP contribution < -0.4 is 10.6 Å². The highest BCUT2D eigenvalue weighted by Gasteiger charge is 2.31. The van der Waals surface area contributed by atoms with E-state index in [1.807, 2.05) is 0 Å². The number of hydrogen-bond acceptors (Lipinski definition) is 4. The molecular formula is C11H19N3O4S. The zero-order chi connectivity index (χ0) is 14.0. The predicted octanol–water partition coefficient (Wildman–Crippen LogP) is -1.34. The molecule has 19 heavy (non-hydrogen) atoms. The zero-order valence-electron chi connectivity index (χ0n) is 10.9. The molecule has 8 heteroatoms. The van der Waals surface area contributed by atoms with Gasteiger partial charge >= 0.3 is 0 Å². The lowest BCUT2D eigenvalue weighted by Gasteiger charge is -2.31. The number of carbonyl (C=O) groups is 2. The molecule has 7 nitrogen and oxygen atoms in total. The van der Waals surface area contributed by atoms with Gasteiger partial charge in [-0.3, -0.25) is 9.59 Å². The van der Waals surface area contributed by atoms with E-state index in [1.165, 1.54) is 10.6 Å². The summed E-state index contributed by atoms with van der Waals surface area (Å²) in [4.78, 5) is 23.0. The molecule has 0 aromatic rings. The van der Waals surface area contributed by atoms with Crippen LogP contribution in [0.3, 0.4) is 0 Å². The lowest BCUT2D eigenvalue weighted by atomic mass is 10.0. The second-order valence-corrected chi connectivity index (χ2v) is 7.16. The van der Waals surface area contributed by atoms with Gasteiger partial charge in [0.25, 0.3) is 0 Å². The molecule has 0 aromatic carbocycles. The third kappa shape index (κ3) is 3.66. The number of amides is 2. The van der Waals surface area contributed by atoms with Crippen molar-refractivity contribution in [2.45, 2.75) is 25.3 Å². The van der Waals surface area contributed by atoms with Crippen molar-refractivity contribution in [3.05, 3.63) is 0 Å². The van der Waals surface area contributed by atoms with Gasteiger partial charge in [-0.15, -0.1) is 0 Å². The van der Waals surface area contributed by atoms with Crippen LogP contribution in [0.15, 0.2) is 0 Å². The maximum Gasteiger partial charge on any atom is 0.225 e. The van der Waals surface area contributed by atoms with Crippen LogP contribution in [-0.2, 0) is 19.6 Å². The highest BCUT2D eigenvalue weighted by Crippen LogP contribution is 2.15. The molecular weight excluding hydrogens is 270 g/mol. The summed E-state index contributed by atoms with van der Waals surface area (Å²) < 4.78 is 24.3. The molecule has 2 fully saturated rings.